The molecule has 4 heteroatoms. The molecule has 0 saturated carbocycles. The summed E-state index contributed by atoms with van der Waals surface area (Å²) in [6, 6.07) is 0. The first-order valence-electron chi connectivity index (χ1n) is 2.94. The molecule has 0 aliphatic carbocycles. The van der Waals surface area contributed by atoms with Gasteiger partial charge in [-0.3, -0.25) is 4.79 Å². The van der Waals surface area contributed by atoms with Gasteiger partial charge in [0.05, 0.1) is 6.42 Å². The van der Waals surface area contributed by atoms with Crippen LogP contribution in [-0.2, 0) is 14.7 Å². The maximum atomic E-state index is 10.7. The van der Waals surface area contributed by atoms with E-state index in [0.29, 0.717) is 0 Å². The van der Waals surface area contributed by atoms with E-state index in [0.717, 1.165) is 0 Å². The van der Waals surface area contributed by atoms with E-state index in [1.54, 1.807) is 14.1 Å². The van der Waals surface area contributed by atoms with Crippen LogP contribution in [0.1, 0.15) is 12.8 Å². The minimum atomic E-state index is -1.18. The highest BCUT2D eigenvalue weighted by molar-refractivity contribution is 5.80. The van der Waals surface area contributed by atoms with Crippen molar-refractivity contribution in [2.45, 2.75) is 12.8 Å². The second-order valence-corrected chi connectivity index (χ2v) is 2.16. The Morgan fingerprint density at radius 3 is 2.00 bits per heavy atom. The summed E-state index contributed by atoms with van der Waals surface area (Å²) in [5.74, 6) is -1.38. The van der Waals surface area contributed by atoms with Gasteiger partial charge in [0.25, 0.3) is 0 Å². The van der Waals surface area contributed by atoms with Crippen molar-refractivity contribution in [3.8, 4) is 0 Å². The zero-order valence-electron chi connectivity index (χ0n) is 6.09. The van der Waals surface area contributed by atoms with Crippen molar-refractivity contribution in [1.29, 1.82) is 0 Å². The molecule has 0 saturated heterocycles. The fourth-order valence-electron chi connectivity index (χ4n) is 0.433. The Labute approximate surface area is 59.4 Å². The van der Waals surface area contributed by atoms with Crippen molar-refractivity contribution >= 4 is 11.9 Å². The fourth-order valence-corrected chi connectivity index (χ4v) is 0.433. The first kappa shape index (κ1) is 8.94. The Kier molecular flexibility index (Phi) is 3.46. The molecule has 1 radical (unpaired) electrons. The van der Waals surface area contributed by atoms with E-state index in [2.05, 4.69) is 0 Å². The van der Waals surface area contributed by atoms with Gasteiger partial charge in [0.1, 0.15) is 0 Å². The number of carbonyl (C=O) groups excluding carboxylic acids is 2. The molecule has 0 unspecified atom stereocenters. The van der Waals surface area contributed by atoms with Crippen LogP contribution in [0.2, 0.25) is 0 Å². The molecule has 0 fully saturated rings. The molecule has 1 amide bonds. The molecule has 0 rings (SSSR count). The molecule has 10 heavy (non-hydrogen) atoms. The van der Waals surface area contributed by atoms with Crippen LogP contribution < -0.4 is 0 Å². The van der Waals surface area contributed by atoms with Gasteiger partial charge in [-0.2, -0.15) is 0 Å². The van der Waals surface area contributed by atoms with Gasteiger partial charge in [-0.15, -0.1) is 0 Å². The lowest BCUT2D eigenvalue weighted by Crippen LogP contribution is -2.21. The zero-order valence-corrected chi connectivity index (χ0v) is 6.09. The zero-order chi connectivity index (χ0) is 8.15. The molecule has 0 bridgehead atoms. The van der Waals surface area contributed by atoms with Gasteiger partial charge in [0.15, 0.2) is 0 Å². The average Bonchev–Trinajstić information content (AvgIpc) is 1.82. The maximum absolute atomic E-state index is 10.7. The average molecular weight is 144 g/mol. The van der Waals surface area contributed by atoms with E-state index >= 15 is 0 Å². The van der Waals surface area contributed by atoms with Gasteiger partial charge in [-0.05, 0) is 0 Å². The molecule has 0 aliphatic rings. The molecule has 0 aromatic carbocycles. The standard InChI is InChI=1S/C6H10NO3/c1-7(2)5(8)3-4-6(9)10/h3-4H2,1-2H3. The Hall–Kier alpha value is -1.06. The predicted octanol–water partition coefficient (Wildman–Crippen LogP) is -0.188. The smallest absolute Gasteiger partial charge is 0.349 e. The highest BCUT2D eigenvalue weighted by Crippen LogP contribution is 1.92. The van der Waals surface area contributed by atoms with Crippen LogP contribution in [0, 0.1) is 0 Å². The topological polar surface area (TPSA) is 57.3 Å². The third-order valence-electron chi connectivity index (χ3n) is 1.04. The van der Waals surface area contributed by atoms with Gasteiger partial charge in [-0.25, -0.2) is 9.90 Å². The number of hydrogen-bond donors (Lipinski definition) is 0. The van der Waals surface area contributed by atoms with Gasteiger partial charge in [0.2, 0.25) is 5.91 Å². The second kappa shape index (κ2) is 3.87. The van der Waals surface area contributed by atoms with Crippen LogP contribution in [0.3, 0.4) is 0 Å². The first-order chi connectivity index (χ1) is 4.54. The fraction of sp³-hybridized carbons (Fsp3) is 0.667. The normalized spacial score (nSPS) is 9.00. The number of carbonyl (C=O) groups is 2. The third kappa shape index (κ3) is 3.88. The van der Waals surface area contributed by atoms with Crippen molar-refractivity contribution in [2.75, 3.05) is 14.1 Å². The minimum Gasteiger partial charge on any atom is -0.349 e. The first-order valence-corrected chi connectivity index (χ1v) is 2.94. The number of rotatable bonds is 3. The lowest BCUT2D eigenvalue weighted by Gasteiger charge is -2.07. The summed E-state index contributed by atoms with van der Waals surface area (Å²) < 4.78 is 0. The summed E-state index contributed by atoms with van der Waals surface area (Å²) in [6.45, 7) is 0. The largest absolute Gasteiger partial charge is 0.356 e. The van der Waals surface area contributed by atoms with E-state index in [1.165, 1.54) is 4.90 Å². The second-order valence-electron chi connectivity index (χ2n) is 2.16. The predicted molar refractivity (Wildman–Crippen MR) is 33.6 cm³/mol. The van der Waals surface area contributed by atoms with Crippen LogP contribution in [0.15, 0.2) is 0 Å². The van der Waals surface area contributed by atoms with Crippen molar-refractivity contribution in [1.82, 2.24) is 4.90 Å². The van der Waals surface area contributed by atoms with Crippen molar-refractivity contribution < 1.29 is 14.7 Å². The number of hydrogen-bond acceptors (Lipinski definition) is 2. The van der Waals surface area contributed by atoms with Crippen molar-refractivity contribution in [2.24, 2.45) is 0 Å². The quantitative estimate of drug-likeness (QED) is 0.551. The highest BCUT2D eigenvalue weighted by atomic mass is 16.4. The Morgan fingerprint density at radius 1 is 1.20 bits per heavy atom. The van der Waals surface area contributed by atoms with E-state index < -0.39 is 5.97 Å². The summed E-state index contributed by atoms with van der Waals surface area (Å²) in [5.41, 5.74) is 0. The van der Waals surface area contributed by atoms with E-state index in [4.69, 9.17) is 0 Å². The van der Waals surface area contributed by atoms with Crippen LogP contribution in [0.25, 0.3) is 0 Å². The Morgan fingerprint density at radius 2 is 1.70 bits per heavy atom. The molecular formula is C6H10NO3. The molecule has 0 aromatic rings. The maximum Gasteiger partial charge on any atom is 0.356 e. The summed E-state index contributed by atoms with van der Waals surface area (Å²) in [7, 11) is 3.16. The van der Waals surface area contributed by atoms with Gasteiger partial charge in [0, 0.05) is 20.5 Å². The van der Waals surface area contributed by atoms with Crippen molar-refractivity contribution in [3.63, 3.8) is 0 Å². The summed E-state index contributed by atoms with van der Waals surface area (Å²) >= 11 is 0. The summed E-state index contributed by atoms with van der Waals surface area (Å²) in [4.78, 5) is 21.9. The monoisotopic (exact) mass is 144 g/mol. The van der Waals surface area contributed by atoms with Crippen LogP contribution in [0.4, 0.5) is 0 Å². The number of amides is 1. The molecule has 4 nitrogen and oxygen atoms in total. The molecule has 0 aromatic heterocycles. The molecule has 57 valence electrons. The van der Waals surface area contributed by atoms with Crippen LogP contribution in [0.5, 0.6) is 0 Å². The molecule has 0 aliphatic heterocycles. The molecular weight excluding hydrogens is 134 g/mol. The van der Waals surface area contributed by atoms with Crippen molar-refractivity contribution in [3.05, 3.63) is 0 Å². The summed E-state index contributed by atoms with van der Waals surface area (Å²) in [6.07, 6.45) is -0.174. The van der Waals surface area contributed by atoms with E-state index in [-0.39, 0.29) is 18.7 Å². The Bertz CT molecular complexity index is 142. The molecule has 0 spiro atoms. The Balaban J connectivity index is 3.50. The number of nitrogens with zero attached hydrogens (tertiary/aromatic N) is 1. The van der Waals surface area contributed by atoms with Crippen LogP contribution >= 0.6 is 0 Å². The van der Waals surface area contributed by atoms with Crippen LogP contribution in [-0.4, -0.2) is 30.9 Å². The summed E-state index contributed by atoms with van der Waals surface area (Å²) in [5, 5.41) is 9.84. The van der Waals surface area contributed by atoms with E-state index in [9.17, 15) is 14.7 Å². The highest BCUT2D eigenvalue weighted by Gasteiger charge is 2.07. The lowest BCUT2D eigenvalue weighted by atomic mass is 10.3. The van der Waals surface area contributed by atoms with Gasteiger partial charge >= 0.3 is 5.97 Å². The minimum absolute atomic E-state index is 0.0231. The van der Waals surface area contributed by atoms with Gasteiger partial charge in [-0.1, -0.05) is 0 Å². The lowest BCUT2D eigenvalue weighted by molar-refractivity contribution is -0.145. The van der Waals surface area contributed by atoms with Gasteiger partial charge < -0.3 is 4.90 Å². The third-order valence-corrected chi connectivity index (χ3v) is 1.04. The van der Waals surface area contributed by atoms with E-state index in [1.807, 2.05) is 0 Å². The molecule has 0 heterocycles. The molecule has 0 atom stereocenters. The molecule has 0 N–H and O–H groups in total. The SMILES string of the molecule is CN(C)C(=O)CCC([O])=O.